The Labute approximate surface area is 235 Å². The summed E-state index contributed by atoms with van der Waals surface area (Å²) in [4.78, 5) is 37.3. The second kappa shape index (κ2) is 11.1. The molecule has 2 saturated heterocycles. The van der Waals surface area contributed by atoms with Crippen LogP contribution in [0.25, 0.3) is 11.2 Å². The van der Waals surface area contributed by atoms with Crippen LogP contribution in [0.15, 0.2) is 29.7 Å². The van der Waals surface area contributed by atoms with Gasteiger partial charge in [0.15, 0.2) is 17.4 Å². The maximum atomic E-state index is 13.4. The standard InChI is InChI=1S/C19H23N7O10P2S2/c27-15-12-6-32-37(29,39)35-11-4-10(33-13-1-2-20-7-21-13)3-9(11)5-31-38(30,40)36-16(15)19(34-12)26-17-14(24-25-26)18(28)23-8-22-17/h1-2,7-12,15-16,19,27H,3-6H2,(H,29,39)(H,30,40)(H,22,23,28)/t9?,10-,11+,12+,15-,16-,19-,37?,38?/m1/s1. The number of aromatic nitrogens is 7. The Balaban J connectivity index is 1.27. The normalized spacial score (nSPS) is 38.7. The number of hydrogen-bond donors (Lipinski definition) is 4. The summed E-state index contributed by atoms with van der Waals surface area (Å²) in [6.45, 7) is -8.60. The van der Waals surface area contributed by atoms with Crippen molar-refractivity contribution in [3.63, 3.8) is 0 Å². The lowest BCUT2D eigenvalue weighted by Gasteiger charge is -2.26. The summed E-state index contributed by atoms with van der Waals surface area (Å²) >= 11 is 9.36. The summed E-state index contributed by atoms with van der Waals surface area (Å²) in [6.07, 6.45) is -1.66. The van der Waals surface area contributed by atoms with Crippen LogP contribution in [0.2, 0.25) is 0 Å². The van der Waals surface area contributed by atoms with Gasteiger partial charge < -0.3 is 38.0 Å². The molecule has 0 amide bonds. The zero-order valence-electron chi connectivity index (χ0n) is 20.3. The van der Waals surface area contributed by atoms with E-state index < -0.39 is 68.3 Å². The van der Waals surface area contributed by atoms with Gasteiger partial charge in [-0.15, -0.1) is 5.10 Å². The molecule has 3 aliphatic rings. The molecule has 0 aromatic carbocycles. The van der Waals surface area contributed by atoms with Crippen LogP contribution >= 0.6 is 25.8 Å². The van der Waals surface area contributed by atoms with Crippen molar-refractivity contribution < 1.29 is 42.1 Å². The summed E-state index contributed by atoms with van der Waals surface area (Å²) in [5, 5.41) is 18.8. The first-order valence-electron chi connectivity index (χ1n) is 11.9. The quantitative estimate of drug-likeness (QED) is 0.228. The van der Waals surface area contributed by atoms with E-state index in [1.54, 1.807) is 6.07 Å². The molecule has 1 saturated carbocycles. The predicted octanol–water partition coefficient (Wildman–Crippen LogP) is 0.492. The van der Waals surface area contributed by atoms with Crippen LogP contribution in [0.5, 0.6) is 5.88 Å². The first kappa shape index (κ1) is 28.2. The largest absolute Gasteiger partial charge is 0.474 e. The number of hydrogen-bond acceptors (Lipinski definition) is 15. The SMILES string of the molecule is O=c1[nH]cnc2c1nnn2[C@@H]1O[C@H]2COP(O)(=S)O[C@H]3C[C@H](Oc4ccncn4)CC3COP(=O)(S)O[C@@H]1[C@@H]2O. The first-order valence-corrected chi connectivity index (χ1v) is 17.2. The van der Waals surface area contributed by atoms with E-state index in [2.05, 4.69) is 42.5 Å². The average Bonchev–Trinajstić information content (AvgIpc) is 3.58. The van der Waals surface area contributed by atoms with E-state index in [1.807, 2.05) is 0 Å². The van der Waals surface area contributed by atoms with E-state index in [0.29, 0.717) is 18.7 Å². The third-order valence-corrected chi connectivity index (χ3v) is 9.83. The highest BCUT2D eigenvalue weighted by atomic mass is 32.7. The molecule has 0 radical (unpaired) electrons. The fraction of sp³-hybridized carbons (Fsp3) is 0.579. The lowest BCUT2D eigenvalue weighted by Crippen LogP contribution is -2.35. The van der Waals surface area contributed by atoms with Gasteiger partial charge in [-0.2, -0.15) is 4.68 Å². The number of aliphatic hydroxyl groups is 1. The maximum absolute atomic E-state index is 13.4. The van der Waals surface area contributed by atoms with Gasteiger partial charge in [-0.3, -0.25) is 9.32 Å². The Morgan fingerprint density at radius 3 is 2.85 bits per heavy atom. The van der Waals surface area contributed by atoms with Gasteiger partial charge in [0.2, 0.25) is 5.88 Å². The van der Waals surface area contributed by atoms with Crippen molar-refractivity contribution in [3.8, 4) is 5.88 Å². The molecule has 3 aromatic heterocycles. The number of ether oxygens (including phenoxy) is 2. The van der Waals surface area contributed by atoms with Gasteiger partial charge in [0.25, 0.3) is 5.56 Å². The second-order valence-corrected chi connectivity index (χ2v) is 14.9. The number of rotatable bonds is 3. The Bertz CT molecular complexity index is 1530. The number of nitrogens with zero attached hydrogens (tertiary/aromatic N) is 6. The fourth-order valence-corrected chi connectivity index (χ4v) is 7.83. The van der Waals surface area contributed by atoms with Crippen LogP contribution in [0, 0.1) is 5.92 Å². The summed E-state index contributed by atoms with van der Waals surface area (Å²) < 4.78 is 48.9. The van der Waals surface area contributed by atoms with E-state index in [0.717, 1.165) is 11.0 Å². The lowest BCUT2D eigenvalue weighted by molar-refractivity contribution is -0.0561. The van der Waals surface area contributed by atoms with Crippen molar-refractivity contribution in [1.29, 1.82) is 0 Å². The zero-order chi connectivity index (χ0) is 28.1. The van der Waals surface area contributed by atoms with Gasteiger partial charge in [-0.1, -0.05) is 17.5 Å². The molecule has 1 aliphatic carbocycles. The van der Waals surface area contributed by atoms with E-state index in [4.69, 9.17) is 39.4 Å². The molecule has 3 N–H and O–H groups in total. The van der Waals surface area contributed by atoms with Gasteiger partial charge in [-0.25, -0.2) is 19.5 Å². The van der Waals surface area contributed by atoms with Crippen LogP contribution in [0.1, 0.15) is 19.1 Å². The molecule has 6 rings (SSSR count). The number of fused-ring (bicyclic) bond motifs is 4. The van der Waals surface area contributed by atoms with Crippen LogP contribution in [-0.4, -0.2) is 88.7 Å². The Hall–Kier alpha value is -1.89. The summed E-state index contributed by atoms with van der Waals surface area (Å²) in [6, 6.07) is 1.60. The van der Waals surface area contributed by atoms with Crippen molar-refractivity contribution >= 4 is 48.7 Å². The van der Waals surface area contributed by atoms with Gasteiger partial charge in [0.05, 0.1) is 25.6 Å². The van der Waals surface area contributed by atoms with Crippen molar-refractivity contribution in [2.24, 2.45) is 5.92 Å². The summed E-state index contributed by atoms with van der Waals surface area (Å²) in [7, 11) is 0. The predicted molar refractivity (Wildman–Crippen MR) is 140 cm³/mol. The molecule has 9 atom stereocenters. The highest BCUT2D eigenvalue weighted by Gasteiger charge is 2.51. The Morgan fingerprint density at radius 2 is 2.05 bits per heavy atom. The van der Waals surface area contributed by atoms with Gasteiger partial charge in [0.1, 0.15) is 30.7 Å². The Kier molecular flexibility index (Phi) is 7.82. The number of thiol groups is 1. The van der Waals surface area contributed by atoms with Crippen LogP contribution < -0.4 is 10.3 Å². The number of nitrogens with one attached hydrogen (secondary N) is 1. The van der Waals surface area contributed by atoms with Crippen molar-refractivity contribution in [2.45, 2.75) is 49.6 Å². The number of aromatic amines is 1. The highest BCUT2D eigenvalue weighted by molar-refractivity contribution is 8.44. The van der Waals surface area contributed by atoms with Crippen LogP contribution in [0.3, 0.4) is 0 Å². The molecule has 0 spiro atoms. The lowest BCUT2D eigenvalue weighted by atomic mass is 10.1. The minimum atomic E-state index is -4.15. The minimum absolute atomic E-state index is 0.0197. The fourth-order valence-electron chi connectivity index (χ4n) is 4.81. The van der Waals surface area contributed by atoms with E-state index >= 15 is 0 Å². The molecule has 2 aliphatic heterocycles. The molecule has 3 unspecified atom stereocenters. The van der Waals surface area contributed by atoms with Gasteiger partial charge in [0, 0.05) is 24.6 Å². The number of H-pyrrole nitrogens is 1. The zero-order valence-corrected chi connectivity index (χ0v) is 23.8. The third-order valence-electron chi connectivity index (χ3n) is 6.63. The van der Waals surface area contributed by atoms with Gasteiger partial charge >= 0.3 is 13.5 Å². The topological polar surface area (TPSA) is 215 Å². The van der Waals surface area contributed by atoms with Crippen molar-refractivity contribution in [2.75, 3.05) is 13.2 Å². The molecular weight excluding hydrogens is 612 g/mol. The highest BCUT2D eigenvalue weighted by Crippen LogP contribution is 2.58. The molecule has 3 aromatic rings. The van der Waals surface area contributed by atoms with Crippen LogP contribution in [0.4, 0.5) is 0 Å². The molecule has 17 nitrogen and oxygen atoms in total. The number of aliphatic hydroxyl groups excluding tert-OH is 1. The molecule has 5 heterocycles. The average molecular weight is 636 g/mol. The molecule has 3 fully saturated rings. The maximum Gasteiger partial charge on any atom is 0.386 e. The molecule has 2 bridgehead atoms. The van der Waals surface area contributed by atoms with E-state index in [1.165, 1.54) is 12.5 Å². The molecular formula is C19H23N7O10P2S2. The molecule has 40 heavy (non-hydrogen) atoms. The van der Waals surface area contributed by atoms with Gasteiger partial charge in [-0.05, 0) is 18.2 Å². The van der Waals surface area contributed by atoms with Crippen molar-refractivity contribution in [1.82, 2.24) is 34.9 Å². The summed E-state index contributed by atoms with van der Waals surface area (Å²) in [5.74, 6) is -0.0949. The second-order valence-electron chi connectivity index (χ2n) is 9.26. The van der Waals surface area contributed by atoms with E-state index in [-0.39, 0.29) is 17.8 Å². The Morgan fingerprint density at radius 1 is 1.20 bits per heavy atom. The monoisotopic (exact) mass is 635 g/mol. The first-order chi connectivity index (χ1) is 19.1. The van der Waals surface area contributed by atoms with Crippen molar-refractivity contribution in [3.05, 3.63) is 35.3 Å². The third kappa shape index (κ3) is 5.87. The molecule has 21 heteroatoms. The summed E-state index contributed by atoms with van der Waals surface area (Å²) in [5.41, 5.74) is -0.626. The molecule has 216 valence electrons. The minimum Gasteiger partial charge on any atom is -0.474 e. The van der Waals surface area contributed by atoms with Crippen LogP contribution in [-0.2, 0) is 39.2 Å². The smallest absolute Gasteiger partial charge is 0.386 e. The van der Waals surface area contributed by atoms with E-state index in [9.17, 15) is 19.4 Å².